The highest BCUT2D eigenvalue weighted by molar-refractivity contribution is 7.99. The second kappa shape index (κ2) is 12.6. The Kier molecular flexibility index (Phi) is 9.91. The number of anilines is 1. The number of unbranched alkanes of at least 4 members (excludes halogenated alkanes) is 4. The number of carbonyl (C=O) groups is 2. The fourth-order valence-corrected chi connectivity index (χ4v) is 5.34. The first kappa shape index (κ1) is 25.1. The van der Waals surface area contributed by atoms with E-state index in [1.807, 2.05) is 9.80 Å². The van der Waals surface area contributed by atoms with E-state index in [9.17, 15) is 9.59 Å². The van der Waals surface area contributed by atoms with Crippen LogP contribution in [0.1, 0.15) is 65.2 Å². The zero-order valence-corrected chi connectivity index (χ0v) is 21.0. The number of halogens is 1. The van der Waals surface area contributed by atoms with Crippen LogP contribution in [0.25, 0.3) is 0 Å². The number of hydrogen-bond acceptors (Lipinski definition) is 6. The molecule has 0 radical (unpaired) electrons. The standard InChI is InChI=1S/C23H36ClN5O2S/c1-3-4-5-6-7-10-21(30)29-14-13-28(16-18(29)2)20-15-19(24)25-23(26-20)32-17-22(31)27-11-8-9-12-27/h15,18H,3-14,16-17H2,1-2H3. The fourth-order valence-electron chi connectivity index (χ4n) is 4.36. The molecule has 3 heterocycles. The molecule has 2 aliphatic rings. The zero-order valence-electron chi connectivity index (χ0n) is 19.4. The van der Waals surface area contributed by atoms with Gasteiger partial charge in [0.15, 0.2) is 5.16 Å². The van der Waals surface area contributed by atoms with Gasteiger partial charge in [-0.1, -0.05) is 56.0 Å². The number of aromatic nitrogens is 2. The predicted octanol–water partition coefficient (Wildman–Crippen LogP) is 4.24. The SMILES string of the molecule is CCCCCCCC(=O)N1CCN(c2cc(Cl)nc(SCC(=O)N3CCCC3)n2)CC1C. The molecule has 2 amide bonds. The van der Waals surface area contributed by atoms with Gasteiger partial charge in [0.1, 0.15) is 11.0 Å². The van der Waals surface area contributed by atoms with Gasteiger partial charge in [0.2, 0.25) is 11.8 Å². The van der Waals surface area contributed by atoms with E-state index in [0.29, 0.717) is 35.6 Å². The Morgan fingerprint density at radius 3 is 2.53 bits per heavy atom. The number of carbonyl (C=O) groups excluding carboxylic acids is 2. The molecule has 9 heteroatoms. The molecular weight excluding hydrogens is 446 g/mol. The molecule has 3 rings (SSSR count). The molecule has 0 spiro atoms. The summed E-state index contributed by atoms with van der Waals surface area (Å²) in [6, 6.07) is 1.89. The van der Waals surface area contributed by atoms with Crippen LogP contribution in [0.2, 0.25) is 5.15 Å². The summed E-state index contributed by atoms with van der Waals surface area (Å²) in [5.74, 6) is 1.48. The normalized spacial score (nSPS) is 19.0. The quantitative estimate of drug-likeness (QED) is 0.215. The minimum absolute atomic E-state index is 0.119. The Morgan fingerprint density at radius 1 is 1.06 bits per heavy atom. The van der Waals surface area contributed by atoms with Gasteiger partial charge in [-0.15, -0.1) is 0 Å². The second-order valence-corrected chi connectivity index (χ2v) is 10.1. The summed E-state index contributed by atoms with van der Waals surface area (Å²) in [7, 11) is 0. The summed E-state index contributed by atoms with van der Waals surface area (Å²) < 4.78 is 0. The van der Waals surface area contributed by atoms with Gasteiger partial charge in [-0.05, 0) is 26.2 Å². The highest BCUT2D eigenvalue weighted by atomic mass is 35.5. The number of piperazine rings is 1. The van der Waals surface area contributed by atoms with Gasteiger partial charge >= 0.3 is 0 Å². The molecule has 1 aromatic heterocycles. The van der Waals surface area contributed by atoms with Crippen molar-refractivity contribution in [3.8, 4) is 0 Å². The lowest BCUT2D eigenvalue weighted by molar-refractivity contribution is -0.133. The fraction of sp³-hybridized carbons (Fsp3) is 0.739. The van der Waals surface area contributed by atoms with E-state index in [4.69, 9.17) is 11.6 Å². The highest BCUT2D eigenvalue weighted by Crippen LogP contribution is 2.25. The van der Waals surface area contributed by atoms with E-state index in [1.54, 1.807) is 6.07 Å². The third kappa shape index (κ3) is 7.24. The van der Waals surface area contributed by atoms with Crippen molar-refractivity contribution in [3.05, 3.63) is 11.2 Å². The van der Waals surface area contributed by atoms with Gasteiger partial charge in [-0.25, -0.2) is 9.97 Å². The number of hydrogen-bond donors (Lipinski definition) is 0. The van der Waals surface area contributed by atoms with Crippen LogP contribution in [-0.4, -0.2) is 76.1 Å². The van der Waals surface area contributed by atoms with Gasteiger partial charge in [0, 0.05) is 51.3 Å². The van der Waals surface area contributed by atoms with Crippen molar-refractivity contribution in [1.29, 1.82) is 0 Å². The number of rotatable bonds is 10. The summed E-state index contributed by atoms with van der Waals surface area (Å²) in [6.45, 7) is 8.11. The molecule has 1 aromatic rings. The van der Waals surface area contributed by atoms with Crippen molar-refractivity contribution in [2.45, 2.75) is 76.4 Å². The van der Waals surface area contributed by atoms with Gasteiger partial charge in [0.25, 0.3) is 0 Å². The summed E-state index contributed by atoms with van der Waals surface area (Å²) in [5, 5.41) is 0.905. The monoisotopic (exact) mass is 481 g/mol. The summed E-state index contributed by atoms with van der Waals surface area (Å²) in [4.78, 5) is 40.0. The van der Waals surface area contributed by atoms with Crippen molar-refractivity contribution in [2.75, 3.05) is 43.4 Å². The lowest BCUT2D eigenvalue weighted by atomic mass is 10.1. The van der Waals surface area contributed by atoms with Gasteiger partial charge < -0.3 is 14.7 Å². The zero-order chi connectivity index (χ0) is 22.9. The topological polar surface area (TPSA) is 69.6 Å². The third-order valence-electron chi connectivity index (χ3n) is 6.21. The molecule has 7 nitrogen and oxygen atoms in total. The molecule has 32 heavy (non-hydrogen) atoms. The number of amides is 2. The molecular formula is C23H36ClN5O2S. The Hall–Kier alpha value is -1.54. The Balaban J connectivity index is 1.51. The molecule has 2 saturated heterocycles. The summed E-state index contributed by atoms with van der Waals surface area (Å²) >= 11 is 7.61. The molecule has 178 valence electrons. The van der Waals surface area contributed by atoms with Crippen LogP contribution in [0.4, 0.5) is 5.82 Å². The van der Waals surface area contributed by atoms with E-state index in [-0.39, 0.29) is 17.9 Å². The maximum absolute atomic E-state index is 12.7. The first-order valence-corrected chi connectivity index (χ1v) is 13.3. The molecule has 0 N–H and O–H groups in total. The van der Waals surface area contributed by atoms with Gasteiger partial charge in [-0.2, -0.15) is 0 Å². The van der Waals surface area contributed by atoms with Crippen LogP contribution in [0.5, 0.6) is 0 Å². The number of nitrogens with zero attached hydrogens (tertiary/aromatic N) is 5. The lowest BCUT2D eigenvalue weighted by Crippen LogP contribution is -2.54. The average Bonchev–Trinajstić information content (AvgIpc) is 3.32. The van der Waals surface area contributed by atoms with Crippen LogP contribution < -0.4 is 4.90 Å². The Labute approximate surface area is 201 Å². The predicted molar refractivity (Wildman–Crippen MR) is 130 cm³/mol. The van der Waals surface area contributed by atoms with Gasteiger partial charge in [-0.3, -0.25) is 9.59 Å². The van der Waals surface area contributed by atoms with E-state index >= 15 is 0 Å². The second-order valence-electron chi connectivity index (χ2n) is 8.75. The average molecular weight is 482 g/mol. The Morgan fingerprint density at radius 2 is 1.81 bits per heavy atom. The van der Waals surface area contributed by atoms with Crippen LogP contribution in [0, 0.1) is 0 Å². The molecule has 0 aliphatic carbocycles. The van der Waals surface area contributed by atoms with E-state index < -0.39 is 0 Å². The van der Waals surface area contributed by atoms with Crippen LogP contribution in [0.3, 0.4) is 0 Å². The number of thioether (sulfide) groups is 1. The van der Waals surface area contributed by atoms with Crippen molar-refractivity contribution < 1.29 is 9.59 Å². The first-order valence-electron chi connectivity index (χ1n) is 12.0. The van der Waals surface area contributed by atoms with Gasteiger partial charge in [0.05, 0.1) is 5.75 Å². The van der Waals surface area contributed by atoms with Crippen molar-refractivity contribution in [3.63, 3.8) is 0 Å². The van der Waals surface area contributed by atoms with E-state index in [0.717, 1.165) is 51.1 Å². The molecule has 0 saturated carbocycles. The summed E-state index contributed by atoms with van der Waals surface area (Å²) in [6.07, 6.45) is 8.59. The summed E-state index contributed by atoms with van der Waals surface area (Å²) in [5.41, 5.74) is 0. The maximum atomic E-state index is 12.7. The molecule has 0 bridgehead atoms. The molecule has 2 aliphatic heterocycles. The first-order chi connectivity index (χ1) is 15.5. The molecule has 0 aromatic carbocycles. The number of likely N-dealkylation sites (tertiary alicyclic amines) is 1. The smallest absolute Gasteiger partial charge is 0.233 e. The van der Waals surface area contributed by atoms with E-state index in [1.165, 1.54) is 31.0 Å². The van der Waals surface area contributed by atoms with E-state index in [2.05, 4.69) is 28.7 Å². The maximum Gasteiger partial charge on any atom is 0.233 e. The largest absolute Gasteiger partial charge is 0.353 e. The Bertz CT molecular complexity index is 775. The molecule has 2 fully saturated rings. The van der Waals surface area contributed by atoms with Crippen LogP contribution in [-0.2, 0) is 9.59 Å². The minimum atomic E-state index is 0.119. The highest BCUT2D eigenvalue weighted by Gasteiger charge is 2.28. The van der Waals surface area contributed by atoms with Crippen LogP contribution in [0.15, 0.2) is 11.2 Å². The molecule has 1 unspecified atom stereocenters. The van der Waals surface area contributed by atoms with Crippen molar-refractivity contribution in [2.24, 2.45) is 0 Å². The van der Waals surface area contributed by atoms with Crippen molar-refractivity contribution >= 4 is 41.0 Å². The third-order valence-corrected chi connectivity index (χ3v) is 7.24. The molecule has 1 atom stereocenters. The minimum Gasteiger partial charge on any atom is -0.353 e. The van der Waals surface area contributed by atoms with Crippen LogP contribution >= 0.6 is 23.4 Å². The van der Waals surface area contributed by atoms with Crippen molar-refractivity contribution in [1.82, 2.24) is 19.8 Å². The lowest BCUT2D eigenvalue weighted by Gasteiger charge is -2.40.